The molecule has 7 nitrogen and oxygen atoms in total. The average Bonchev–Trinajstić information content (AvgIpc) is 3.09. The van der Waals surface area contributed by atoms with Gasteiger partial charge in [-0.25, -0.2) is 8.78 Å². The lowest BCUT2D eigenvalue weighted by Crippen LogP contribution is -2.44. The number of aromatic nitrogens is 1. The molecule has 1 unspecified atom stereocenters. The minimum Gasteiger partial charge on any atom is -0.503 e. The normalized spacial score (nSPS) is 17.4. The summed E-state index contributed by atoms with van der Waals surface area (Å²) in [7, 11) is 0. The molecule has 1 aromatic heterocycles. The lowest BCUT2D eigenvalue weighted by atomic mass is 10.1. The van der Waals surface area contributed by atoms with E-state index in [1.165, 1.54) is 6.07 Å². The molecule has 29 heavy (non-hydrogen) atoms. The Labute approximate surface area is 164 Å². The summed E-state index contributed by atoms with van der Waals surface area (Å²) in [6.07, 6.45) is 1.04. The van der Waals surface area contributed by atoms with Crippen LogP contribution in [0.1, 0.15) is 51.5 Å². The van der Waals surface area contributed by atoms with Crippen LogP contribution in [0.15, 0.2) is 23.0 Å². The first-order chi connectivity index (χ1) is 13.8. The van der Waals surface area contributed by atoms with Crippen LogP contribution in [-0.4, -0.2) is 39.5 Å². The zero-order chi connectivity index (χ0) is 20.9. The number of pyridine rings is 1. The topological polar surface area (TPSA) is 91.6 Å². The maximum atomic E-state index is 13.8. The first-order valence-electron chi connectivity index (χ1n) is 9.35. The van der Waals surface area contributed by atoms with Gasteiger partial charge >= 0.3 is 0 Å². The third-order valence-corrected chi connectivity index (χ3v) is 5.55. The van der Waals surface area contributed by atoms with Gasteiger partial charge in [0.05, 0.1) is 6.04 Å². The Balaban J connectivity index is 1.71. The SMILES string of the molecule is CCN1CC2CCc3c(C(=O)NCc4ccc(F)cc4F)c(=O)c(O)c(n32)C1=O. The lowest BCUT2D eigenvalue weighted by molar-refractivity contribution is 0.0676. The number of amides is 2. The molecule has 0 saturated heterocycles. The van der Waals surface area contributed by atoms with Crippen molar-refractivity contribution in [3.8, 4) is 5.75 Å². The van der Waals surface area contributed by atoms with Gasteiger partial charge in [-0.05, 0) is 25.8 Å². The van der Waals surface area contributed by atoms with E-state index in [-0.39, 0.29) is 29.4 Å². The first-order valence-corrected chi connectivity index (χ1v) is 9.35. The Hall–Kier alpha value is -3.23. The van der Waals surface area contributed by atoms with Crippen molar-refractivity contribution >= 4 is 11.8 Å². The van der Waals surface area contributed by atoms with Crippen LogP contribution in [0.25, 0.3) is 0 Å². The Bertz CT molecular complexity index is 1100. The standard InChI is InChI=1S/C20H19F2N3O4/c1-2-24-9-12-5-6-14-15(17(26)18(27)16(20(24)29)25(12)14)19(28)23-8-10-3-4-11(21)7-13(10)22/h3-4,7,12,27H,2,5-6,8-9H2,1H3,(H,23,28). The third kappa shape index (κ3) is 2.97. The van der Waals surface area contributed by atoms with Crippen molar-refractivity contribution in [2.24, 2.45) is 0 Å². The Morgan fingerprint density at radius 1 is 1.31 bits per heavy atom. The Morgan fingerprint density at radius 2 is 2.07 bits per heavy atom. The number of carbonyl (C=O) groups excluding carboxylic acids is 2. The zero-order valence-corrected chi connectivity index (χ0v) is 15.7. The second kappa shape index (κ2) is 6.98. The highest BCUT2D eigenvalue weighted by Gasteiger charge is 2.40. The summed E-state index contributed by atoms with van der Waals surface area (Å²) in [5.74, 6) is -3.51. The lowest BCUT2D eigenvalue weighted by Gasteiger charge is -2.34. The van der Waals surface area contributed by atoms with E-state index >= 15 is 0 Å². The number of hydrogen-bond donors (Lipinski definition) is 2. The number of hydrogen-bond acceptors (Lipinski definition) is 4. The van der Waals surface area contributed by atoms with Crippen LogP contribution in [0.4, 0.5) is 8.78 Å². The molecule has 0 spiro atoms. The van der Waals surface area contributed by atoms with Crippen LogP contribution in [0.2, 0.25) is 0 Å². The summed E-state index contributed by atoms with van der Waals surface area (Å²) in [6.45, 7) is 2.45. The van der Waals surface area contributed by atoms with E-state index in [0.29, 0.717) is 37.7 Å². The molecule has 0 radical (unpaired) electrons. The second-order valence-corrected chi connectivity index (χ2v) is 7.17. The fourth-order valence-corrected chi connectivity index (χ4v) is 4.11. The average molecular weight is 403 g/mol. The van der Waals surface area contributed by atoms with Gasteiger partial charge in [0.15, 0.2) is 11.4 Å². The Morgan fingerprint density at radius 3 is 2.76 bits per heavy atom. The van der Waals surface area contributed by atoms with Gasteiger partial charge in [0, 0.05) is 37.0 Å². The predicted molar refractivity (Wildman–Crippen MR) is 98.8 cm³/mol. The van der Waals surface area contributed by atoms with Gasteiger partial charge in [-0.1, -0.05) is 6.07 Å². The zero-order valence-electron chi connectivity index (χ0n) is 15.7. The molecule has 0 bridgehead atoms. The summed E-state index contributed by atoms with van der Waals surface area (Å²) in [4.78, 5) is 39.7. The summed E-state index contributed by atoms with van der Waals surface area (Å²) < 4.78 is 28.4. The summed E-state index contributed by atoms with van der Waals surface area (Å²) in [6, 6.07) is 2.86. The van der Waals surface area contributed by atoms with E-state index in [1.54, 1.807) is 9.47 Å². The molecular weight excluding hydrogens is 384 g/mol. The van der Waals surface area contributed by atoms with Crippen LogP contribution in [0.5, 0.6) is 5.75 Å². The first kappa shape index (κ1) is 19.1. The van der Waals surface area contributed by atoms with E-state index in [1.807, 2.05) is 6.92 Å². The van der Waals surface area contributed by atoms with Gasteiger partial charge in [-0.2, -0.15) is 0 Å². The molecule has 0 aliphatic carbocycles. The van der Waals surface area contributed by atoms with Gasteiger partial charge in [0.2, 0.25) is 5.43 Å². The maximum Gasteiger partial charge on any atom is 0.274 e. The number of benzene rings is 1. The van der Waals surface area contributed by atoms with Gasteiger partial charge in [-0.15, -0.1) is 0 Å². The molecule has 2 aliphatic heterocycles. The maximum absolute atomic E-state index is 13.8. The molecule has 152 valence electrons. The van der Waals surface area contributed by atoms with E-state index in [0.717, 1.165) is 6.07 Å². The summed E-state index contributed by atoms with van der Waals surface area (Å²) in [5, 5.41) is 12.9. The van der Waals surface area contributed by atoms with Gasteiger partial charge in [-0.3, -0.25) is 14.4 Å². The van der Waals surface area contributed by atoms with Crippen LogP contribution in [-0.2, 0) is 13.0 Å². The molecule has 3 heterocycles. The number of halogens is 2. The van der Waals surface area contributed by atoms with Crippen molar-refractivity contribution in [1.82, 2.24) is 14.8 Å². The fourth-order valence-electron chi connectivity index (χ4n) is 4.11. The van der Waals surface area contributed by atoms with Crippen LogP contribution >= 0.6 is 0 Å². The largest absolute Gasteiger partial charge is 0.503 e. The number of aromatic hydroxyl groups is 1. The third-order valence-electron chi connectivity index (χ3n) is 5.55. The summed E-state index contributed by atoms with van der Waals surface area (Å²) in [5.41, 5.74) is -0.787. The molecule has 2 N–H and O–H groups in total. The fraction of sp³-hybridized carbons (Fsp3) is 0.350. The van der Waals surface area contributed by atoms with Gasteiger partial charge < -0.3 is 19.9 Å². The molecule has 2 aliphatic rings. The summed E-state index contributed by atoms with van der Waals surface area (Å²) >= 11 is 0. The van der Waals surface area contributed by atoms with Crippen molar-refractivity contribution < 1.29 is 23.5 Å². The van der Waals surface area contributed by atoms with Crippen LogP contribution in [0, 0.1) is 11.6 Å². The second-order valence-electron chi connectivity index (χ2n) is 7.17. The van der Waals surface area contributed by atoms with Crippen molar-refractivity contribution in [2.45, 2.75) is 32.4 Å². The molecule has 0 fully saturated rings. The van der Waals surface area contributed by atoms with Crippen LogP contribution < -0.4 is 10.7 Å². The van der Waals surface area contributed by atoms with Gasteiger partial charge in [0.1, 0.15) is 17.2 Å². The number of nitrogens with zero attached hydrogens (tertiary/aromatic N) is 2. The highest BCUT2D eigenvalue weighted by molar-refractivity contribution is 6.00. The van der Waals surface area contributed by atoms with Crippen molar-refractivity contribution in [3.05, 3.63) is 62.6 Å². The van der Waals surface area contributed by atoms with E-state index in [9.17, 15) is 28.3 Å². The molecule has 0 saturated carbocycles. The van der Waals surface area contributed by atoms with E-state index < -0.39 is 34.6 Å². The minimum atomic E-state index is -0.921. The monoisotopic (exact) mass is 403 g/mol. The van der Waals surface area contributed by atoms with Crippen molar-refractivity contribution in [1.29, 1.82) is 0 Å². The van der Waals surface area contributed by atoms with Crippen molar-refractivity contribution in [3.63, 3.8) is 0 Å². The molecule has 2 aromatic rings. The molecule has 4 rings (SSSR count). The highest BCUT2D eigenvalue weighted by Crippen LogP contribution is 2.36. The number of nitrogens with one attached hydrogen (secondary N) is 1. The smallest absolute Gasteiger partial charge is 0.274 e. The quantitative estimate of drug-likeness (QED) is 0.813. The number of carbonyl (C=O) groups is 2. The number of rotatable bonds is 4. The molecule has 1 atom stereocenters. The highest BCUT2D eigenvalue weighted by atomic mass is 19.1. The Kier molecular flexibility index (Phi) is 4.60. The molecule has 9 heteroatoms. The minimum absolute atomic E-state index is 0.0603. The molecule has 1 aromatic carbocycles. The number of likely N-dealkylation sites (N-methyl/N-ethyl adjacent to an activating group) is 1. The van der Waals surface area contributed by atoms with Crippen LogP contribution in [0.3, 0.4) is 0 Å². The van der Waals surface area contributed by atoms with E-state index in [4.69, 9.17) is 0 Å². The molecular formula is C20H19F2N3O4. The van der Waals surface area contributed by atoms with E-state index in [2.05, 4.69) is 5.32 Å². The van der Waals surface area contributed by atoms with Crippen molar-refractivity contribution in [2.75, 3.05) is 13.1 Å². The van der Waals surface area contributed by atoms with Gasteiger partial charge in [0.25, 0.3) is 11.8 Å². The predicted octanol–water partition coefficient (Wildman–Crippen LogP) is 1.73. The molecule has 2 amide bonds.